The quantitative estimate of drug-likeness (QED) is 0.502. The summed E-state index contributed by atoms with van der Waals surface area (Å²) in [4.78, 5) is 2.58. The topological polar surface area (TPSA) is 35.5 Å². The van der Waals surface area contributed by atoms with Gasteiger partial charge in [-0.3, -0.25) is 0 Å². The molecule has 0 rings (SSSR count). The number of hydrogen-bond donors (Lipinski definition) is 2. The third-order valence-corrected chi connectivity index (χ3v) is 2.77. The fourth-order valence-corrected chi connectivity index (χ4v) is 1.73. The molecule has 98 valence electrons. The van der Waals surface area contributed by atoms with Crippen LogP contribution in [0.15, 0.2) is 0 Å². The van der Waals surface area contributed by atoms with E-state index in [0.29, 0.717) is 0 Å². The second kappa shape index (κ2) is 12.9. The normalized spacial score (nSPS) is 11.2. The van der Waals surface area contributed by atoms with E-state index in [9.17, 15) is 0 Å². The first-order valence-electron chi connectivity index (χ1n) is 6.89. The molecule has 2 N–H and O–H groups in total. The molecule has 0 aromatic carbocycles. The molecule has 0 spiro atoms. The van der Waals surface area contributed by atoms with Crippen molar-refractivity contribution in [2.24, 2.45) is 0 Å². The van der Waals surface area contributed by atoms with Crippen molar-refractivity contribution in [3.63, 3.8) is 0 Å². The van der Waals surface area contributed by atoms with Crippen molar-refractivity contribution in [1.82, 2.24) is 10.2 Å². The Morgan fingerprint density at radius 2 is 1.44 bits per heavy atom. The molecule has 0 aliphatic carbocycles. The molecule has 0 unspecified atom stereocenters. The lowest BCUT2D eigenvalue weighted by Gasteiger charge is -2.21. The van der Waals surface area contributed by atoms with E-state index in [-0.39, 0.29) is 6.61 Å². The second-order valence-electron chi connectivity index (χ2n) is 4.38. The average Bonchev–Trinajstić information content (AvgIpc) is 2.31. The van der Waals surface area contributed by atoms with Gasteiger partial charge in [0.25, 0.3) is 0 Å². The Morgan fingerprint density at radius 1 is 0.875 bits per heavy atom. The van der Waals surface area contributed by atoms with Gasteiger partial charge in [0, 0.05) is 6.54 Å². The Morgan fingerprint density at radius 3 is 1.94 bits per heavy atom. The number of unbranched alkanes of at least 4 members (excludes halogenated alkanes) is 2. The number of aliphatic hydroxyl groups is 1. The van der Waals surface area contributed by atoms with Crippen molar-refractivity contribution in [3.05, 3.63) is 0 Å². The van der Waals surface area contributed by atoms with Crippen LogP contribution in [0.5, 0.6) is 0 Å². The summed E-state index contributed by atoms with van der Waals surface area (Å²) in [6.07, 6.45) is 6.38. The van der Waals surface area contributed by atoms with Gasteiger partial charge in [0.15, 0.2) is 0 Å². The molecule has 0 saturated carbocycles. The maximum Gasteiger partial charge on any atom is 0.0555 e. The summed E-state index contributed by atoms with van der Waals surface area (Å²) in [6.45, 7) is 10.2. The van der Waals surface area contributed by atoms with Crippen LogP contribution in [0.25, 0.3) is 0 Å². The Bertz CT molecular complexity index is 123. The Balaban J connectivity index is 3.48. The molecule has 0 atom stereocenters. The van der Waals surface area contributed by atoms with E-state index in [1.165, 1.54) is 51.7 Å². The number of hydrogen-bond acceptors (Lipinski definition) is 3. The zero-order chi connectivity index (χ0) is 12.1. The van der Waals surface area contributed by atoms with Crippen molar-refractivity contribution < 1.29 is 5.11 Å². The summed E-state index contributed by atoms with van der Waals surface area (Å²) in [5, 5.41) is 11.9. The number of nitrogens with zero attached hydrogens (tertiary/aromatic N) is 1. The summed E-state index contributed by atoms with van der Waals surface area (Å²) >= 11 is 0. The predicted octanol–water partition coefficient (Wildman–Crippen LogP) is 1.86. The third-order valence-electron chi connectivity index (χ3n) is 2.77. The first-order chi connectivity index (χ1) is 7.85. The molecule has 0 aromatic rings. The number of aliphatic hydroxyl groups excluding tert-OH is 1. The molecule has 0 aliphatic heterocycles. The molecule has 3 heteroatoms. The van der Waals surface area contributed by atoms with Gasteiger partial charge in [0.2, 0.25) is 0 Å². The van der Waals surface area contributed by atoms with Crippen LogP contribution in [-0.2, 0) is 0 Å². The van der Waals surface area contributed by atoms with Crippen molar-refractivity contribution >= 4 is 0 Å². The van der Waals surface area contributed by atoms with Crippen molar-refractivity contribution in [1.29, 1.82) is 0 Å². The highest BCUT2D eigenvalue weighted by molar-refractivity contribution is 4.59. The summed E-state index contributed by atoms with van der Waals surface area (Å²) in [5.74, 6) is 0. The monoisotopic (exact) mass is 230 g/mol. The molecule has 0 amide bonds. The van der Waals surface area contributed by atoms with E-state index >= 15 is 0 Å². The first-order valence-corrected chi connectivity index (χ1v) is 6.89. The van der Waals surface area contributed by atoms with Crippen molar-refractivity contribution in [2.45, 2.75) is 46.0 Å². The van der Waals surface area contributed by atoms with Crippen LogP contribution < -0.4 is 5.32 Å². The second-order valence-corrected chi connectivity index (χ2v) is 4.38. The van der Waals surface area contributed by atoms with Crippen LogP contribution >= 0.6 is 0 Å². The zero-order valence-electron chi connectivity index (χ0n) is 11.2. The maximum atomic E-state index is 8.63. The fourth-order valence-electron chi connectivity index (χ4n) is 1.73. The lowest BCUT2D eigenvalue weighted by atomic mass is 10.2. The number of rotatable bonds is 12. The minimum Gasteiger partial charge on any atom is -0.395 e. The molecule has 0 aliphatic rings. The summed E-state index contributed by atoms with van der Waals surface area (Å²) in [6, 6.07) is 0. The first kappa shape index (κ1) is 15.9. The van der Waals surface area contributed by atoms with Gasteiger partial charge in [-0.1, -0.05) is 26.7 Å². The van der Waals surface area contributed by atoms with Gasteiger partial charge in [0.1, 0.15) is 0 Å². The average molecular weight is 230 g/mol. The smallest absolute Gasteiger partial charge is 0.0555 e. The van der Waals surface area contributed by atoms with E-state index < -0.39 is 0 Å². The highest BCUT2D eigenvalue weighted by Gasteiger charge is 2.02. The summed E-state index contributed by atoms with van der Waals surface area (Å²) < 4.78 is 0. The van der Waals surface area contributed by atoms with E-state index in [0.717, 1.165) is 13.1 Å². The molecule has 3 nitrogen and oxygen atoms in total. The summed E-state index contributed by atoms with van der Waals surface area (Å²) in [7, 11) is 0. The highest BCUT2D eigenvalue weighted by atomic mass is 16.3. The molecular formula is C13H30N2O. The molecule has 0 bridgehead atoms. The van der Waals surface area contributed by atoms with Gasteiger partial charge in [-0.15, -0.1) is 0 Å². The van der Waals surface area contributed by atoms with E-state index in [1.807, 2.05) is 0 Å². The lowest BCUT2D eigenvalue weighted by Crippen LogP contribution is -2.30. The molecule has 16 heavy (non-hydrogen) atoms. The van der Waals surface area contributed by atoms with Crippen LogP contribution in [0.2, 0.25) is 0 Å². The Hall–Kier alpha value is -0.120. The van der Waals surface area contributed by atoms with E-state index in [4.69, 9.17) is 5.11 Å². The SMILES string of the molecule is CCCCN(CCCC)CCCNCCO. The maximum absolute atomic E-state index is 8.63. The fraction of sp³-hybridized carbons (Fsp3) is 1.00. The van der Waals surface area contributed by atoms with Crippen molar-refractivity contribution in [3.8, 4) is 0 Å². The van der Waals surface area contributed by atoms with Crippen molar-refractivity contribution in [2.75, 3.05) is 39.3 Å². The van der Waals surface area contributed by atoms with Gasteiger partial charge >= 0.3 is 0 Å². The predicted molar refractivity (Wildman–Crippen MR) is 70.8 cm³/mol. The summed E-state index contributed by atoms with van der Waals surface area (Å²) in [5.41, 5.74) is 0. The minimum atomic E-state index is 0.245. The molecule has 0 aromatic heterocycles. The zero-order valence-corrected chi connectivity index (χ0v) is 11.2. The molecule has 0 saturated heterocycles. The Kier molecular flexibility index (Phi) is 12.9. The number of nitrogens with one attached hydrogen (secondary N) is 1. The Labute approximate surface area is 101 Å². The minimum absolute atomic E-state index is 0.245. The third kappa shape index (κ3) is 10.4. The molecule has 0 heterocycles. The van der Waals surface area contributed by atoms with Gasteiger partial charge in [-0.05, 0) is 45.4 Å². The molecular weight excluding hydrogens is 200 g/mol. The van der Waals surface area contributed by atoms with Gasteiger partial charge in [0.05, 0.1) is 6.61 Å². The lowest BCUT2D eigenvalue weighted by molar-refractivity contribution is 0.257. The molecule has 0 radical (unpaired) electrons. The van der Waals surface area contributed by atoms with E-state index in [1.54, 1.807) is 0 Å². The van der Waals surface area contributed by atoms with Crippen LogP contribution in [0.4, 0.5) is 0 Å². The van der Waals surface area contributed by atoms with Crippen LogP contribution in [0.3, 0.4) is 0 Å². The van der Waals surface area contributed by atoms with Crippen LogP contribution in [-0.4, -0.2) is 49.3 Å². The molecule has 0 fully saturated rings. The van der Waals surface area contributed by atoms with Crippen LogP contribution in [0, 0.1) is 0 Å². The highest BCUT2D eigenvalue weighted by Crippen LogP contribution is 2.00. The van der Waals surface area contributed by atoms with Gasteiger partial charge in [-0.25, -0.2) is 0 Å². The largest absolute Gasteiger partial charge is 0.395 e. The van der Waals surface area contributed by atoms with Gasteiger partial charge < -0.3 is 15.3 Å². The van der Waals surface area contributed by atoms with E-state index in [2.05, 4.69) is 24.1 Å². The van der Waals surface area contributed by atoms with Crippen LogP contribution in [0.1, 0.15) is 46.0 Å². The van der Waals surface area contributed by atoms with Gasteiger partial charge in [-0.2, -0.15) is 0 Å². The standard InChI is InChI=1S/C13H30N2O/c1-3-5-10-15(11-6-4-2)12-7-8-14-9-13-16/h14,16H,3-13H2,1-2H3.